The summed E-state index contributed by atoms with van der Waals surface area (Å²) in [6.07, 6.45) is 9.73. The normalized spacial score (nSPS) is 53.6. The van der Waals surface area contributed by atoms with Crippen molar-refractivity contribution in [2.45, 2.75) is 53.9 Å². The molecule has 3 fully saturated rings. The Kier molecular flexibility index (Phi) is 2.29. The van der Waals surface area contributed by atoms with Crippen molar-refractivity contribution < 1.29 is 0 Å². The van der Waals surface area contributed by atoms with Gasteiger partial charge in [-0.2, -0.15) is 0 Å². The fraction of sp³-hybridized carbons (Fsp3) is 0.895. The molecule has 0 spiro atoms. The molecule has 7 unspecified atom stereocenters. The number of allylic oxidation sites excluding steroid dienone is 2. The van der Waals surface area contributed by atoms with Crippen LogP contribution in [0.5, 0.6) is 0 Å². The van der Waals surface area contributed by atoms with Gasteiger partial charge in [-0.1, -0.05) is 46.8 Å². The second-order valence-electron chi connectivity index (χ2n) is 9.68. The van der Waals surface area contributed by atoms with Gasteiger partial charge in [-0.3, -0.25) is 0 Å². The third-order valence-corrected chi connectivity index (χ3v) is 7.61. The Labute approximate surface area is 119 Å². The molecule has 0 saturated heterocycles. The topological polar surface area (TPSA) is 0 Å². The van der Waals surface area contributed by atoms with Crippen molar-refractivity contribution in [2.24, 2.45) is 52.3 Å². The third-order valence-electron chi connectivity index (χ3n) is 7.61. The average Bonchev–Trinajstić information content (AvgIpc) is 2.98. The van der Waals surface area contributed by atoms with E-state index in [1.165, 1.54) is 12.8 Å². The van der Waals surface area contributed by atoms with Gasteiger partial charge in [-0.05, 0) is 71.5 Å². The minimum atomic E-state index is 0.518. The maximum absolute atomic E-state index is 2.60. The largest absolute Gasteiger partial charge is 0.0848 e. The Balaban J connectivity index is 1.73. The molecule has 4 aliphatic rings. The first-order valence-corrected chi connectivity index (χ1v) is 8.48. The van der Waals surface area contributed by atoms with Crippen LogP contribution in [0.4, 0.5) is 0 Å². The van der Waals surface area contributed by atoms with Crippen molar-refractivity contribution in [2.75, 3.05) is 0 Å². The lowest BCUT2D eigenvalue weighted by atomic mass is 9.50. The second-order valence-corrected chi connectivity index (χ2v) is 9.68. The summed E-state index contributed by atoms with van der Waals surface area (Å²) in [7, 11) is 0. The second kappa shape index (κ2) is 3.49. The first-order valence-electron chi connectivity index (χ1n) is 8.48. The zero-order valence-corrected chi connectivity index (χ0v) is 13.3. The van der Waals surface area contributed by atoms with E-state index < -0.39 is 0 Å². The molecule has 0 aromatic heterocycles. The number of hydrogen-bond donors (Lipinski definition) is 0. The predicted octanol–water partition coefficient (Wildman–Crippen LogP) is 5.15. The average molecular weight is 258 g/mol. The molecule has 0 N–H and O–H groups in total. The van der Waals surface area contributed by atoms with Crippen LogP contribution < -0.4 is 0 Å². The molecule has 4 bridgehead atoms. The van der Waals surface area contributed by atoms with Crippen LogP contribution in [-0.2, 0) is 0 Å². The van der Waals surface area contributed by atoms with Crippen molar-refractivity contribution in [3.8, 4) is 0 Å². The van der Waals surface area contributed by atoms with Crippen molar-refractivity contribution in [1.29, 1.82) is 0 Å². The lowest BCUT2D eigenvalue weighted by Gasteiger charge is -2.54. The van der Waals surface area contributed by atoms with Gasteiger partial charge in [0, 0.05) is 0 Å². The summed E-state index contributed by atoms with van der Waals surface area (Å²) in [5, 5.41) is 0. The van der Waals surface area contributed by atoms with Gasteiger partial charge in [-0.25, -0.2) is 0 Å². The van der Waals surface area contributed by atoms with Crippen molar-refractivity contribution in [3.05, 3.63) is 12.2 Å². The van der Waals surface area contributed by atoms with E-state index in [0.29, 0.717) is 10.8 Å². The molecule has 0 heterocycles. The van der Waals surface area contributed by atoms with E-state index in [2.05, 4.69) is 46.8 Å². The van der Waals surface area contributed by atoms with E-state index in [4.69, 9.17) is 0 Å². The van der Waals surface area contributed by atoms with Crippen LogP contribution in [-0.4, -0.2) is 0 Å². The van der Waals surface area contributed by atoms with E-state index in [1.807, 2.05) is 0 Å². The SMILES string of the molecule is CC(C)(C)C1CC2CC1C1C2C2C=CC(C2)C1(C)C. The zero-order valence-electron chi connectivity index (χ0n) is 13.3. The van der Waals surface area contributed by atoms with E-state index in [9.17, 15) is 0 Å². The molecule has 0 aromatic carbocycles. The monoisotopic (exact) mass is 258 g/mol. The molecule has 19 heavy (non-hydrogen) atoms. The molecule has 0 amide bonds. The predicted molar refractivity (Wildman–Crippen MR) is 80.7 cm³/mol. The first kappa shape index (κ1) is 12.5. The van der Waals surface area contributed by atoms with Crippen LogP contribution in [0.25, 0.3) is 0 Å². The van der Waals surface area contributed by atoms with Gasteiger partial charge in [-0.15, -0.1) is 0 Å². The molecule has 0 aliphatic heterocycles. The molecule has 4 rings (SSSR count). The molecule has 106 valence electrons. The van der Waals surface area contributed by atoms with Gasteiger partial charge >= 0.3 is 0 Å². The smallest absolute Gasteiger partial charge is 0.0173 e. The van der Waals surface area contributed by atoms with E-state index in [0.717, 1.165) is 41.4 Å². The van der Waals surface area contributed by atoms with Gasteiger partial charge in [0.1, 0.15) is 0 Å². The van der Waals surface area contributed by atoms with Crippen molar-refractivity contribution >= 4 is 0 Å². The molecule has 0 radical (unpaired) electrons. The number of hydrogen-bond acceptors (Lipinski definition) is 0. The summed E-state index contributed by atoms with van der Waals surface area (Å²) >= 11 is 0. The van der Waals surface area contributed by atoms with Crippen LogP contribution in [0.3, 0.4) is 0 Å². The zero-order chi connectivity index (χ0) is 13.6. The lowest BCUT2D eigenvalue weighted by molar-refractivity contribution is -0.0536. The van der Waals surface area contributed by atoms with Crippen LogP contribution >= 0.6 is 0 Å². The van der Waals surface area contributed by atoms with Gasteiger partial charge < -0.3 is 0 Å². The fourth-order valence-electron chi connectivity index (χ4n) is 6.87. The molecular weight excluding hydrogens is 228 g/mol. The van der Waals surface area contributed by atoms with Gasteiger partial charge in [0.25, 0.3) is 0 Å². The minimum Gasteiger partial charge on any atom is -0.0848 e. The van der Waals surface area contributed by atoms with E-state index in [1.54, 1.807) is 6.42 Å². The van der Waals surface area contributed by atoms with Crippen molar-refractivity contribution in [1.82, 2.24) is 0 Å². The molecular formula is C19H30. The molecule has 4 aliphatic carbocycles. The number of rotatable bonds is 0. The maximum Gasteiger partial charge on any atom is -0.0173 e. The van der Waals surface area contributed by atoms with Crippen LogP contribution in [0.1, 0.15) is 53.9 Å². The first-order chi connectivity index (χ1) is 8.80. The highest BCUT2D eigenvalue weighted by Crippen LogP contribution is 2.70. The highest BCUT2D eigenvalue weighted by atomic mass is 14.7. The van der Waals surface area contributed by atoms with Crippen LogP contribution in [0, 0.1) is 52.3 Å². The summed E-state index contributed by atoms with van der Waals surface area (Å²) in [5.41, 5.74) is 1.07. The maximum atomic E-state index is 2.60. The minimum absolute atomic E-state index is 0.518. The van der Waals surface area contributed by atoms with E-state index in [-0.39, 0.29) is 0 Å². The van der Waals surface area contributed by atoms with Crippen LogP contribution in [0.2, 0.25) is 0 Å². The van der Waals surface area contributed by atoms with Gasteiger partial charge in [0.2, 0.25) is 0 Å². The summed E-state index contributed by atoms with van der Waals surface area (Å²) in [4.78, 5) is 0. The standard InChI is InChI=1S/C19H30/c1-18(2,3)15-10-12-9-14(15)17-16(12)11-6-7-13(8-11)19(17,4)5/h6-7,11-17H,8-10H2,1-5H3. The molecule has 0 nitrogen and oxygen atoms in total. The molecule has 7 atom stereocenters. The Morgan fingerprint density at radius 1 is 1.00 bits per heavy atom. The van der Waals surface area contributed by atoms with Crippen LogP contribution in [0.15, 0.2) is 12.2 Å². The highest BCUT2D eigenvalue weighted by Gasteiger charge is 2.64. The highest BCUT2D eigenvalue weighted by molar-refractivity contribution is 5.21. The summed E-state index contributed by atoms with van der Waals surface area (Å²) < 4.78 is 0. The number of fused-ring (bicyclic) bond motifs is 8. The van der Waals surface area contributed by atoms with E-state index >= 15 is 0 Å². The van der Waals surface area contributed by atoms with Crippen molar-refractivity contribution in [3.63, 3.8) is 0 Å². The summed E-state index contributed by atoms with van der Waals surface area (Å²) in [6.45, 7) is 12.6. The van der Waals surface area contributed by atoms with Gasteiger partial charge in [0.15, 0.2) is 0 Å². The molecule has 0 aromatic rings. The summed E-state index contributed by atoms with van der Waals surface area (Å²) in [5.74, 6) is 6.92. The fourth-order valence-corrected chi connectivity index (χ4v) is 6.87. The Morgan fingerprint density at radius 3 is 2.42 bits per heavy atom. The quantitative estimate of drug-likeness (QED) is 0.527. The summed E-state index contributed by atoms with van der Waals surface area (Å²) in [6, 6.07) is 0. The Hall–Kier alpha value is -0.260. The molecule has 3 saturated carbocycles. The molecule has 0 heteroatoms. The third kappa shape index (κ3) is 1.47. The Morgan fingerprint density at radius 2 is 1.74 bits per heavy atom. The van der Waals surface area contributed by atoms with Gasteiger partial charge in [0.05, 0.1) is 0 Å². The lowest BCUT2D eigenvalue weighted by Crippen LogP contribution is -2.48. The Bertz CT molecular complexity index is 422.